The maximum atomic E-state index is 7.00. The summed E-state index contributed by atoms with van der Waals surface area (Å²) < 4.78 is 2.00. The molecule has 0 atom stereocenters. The Morgan fingerprint density at radius 1 is 0.485 bits per heavy atom. The molecular formula is C30H30O2Ti. The molecule has 0 aliphatic carbocycles. The van der Waals surface area contributed by atoms with Crippen LogP contribution in [0.2, 0.25) is 0 Å². The Labute approximate surface area is 207 Å². The van der Waals surface area contributed by atoms with Crippen LogP contribution in [0, 0.1) is 0 Å². The third-order valence-electron chi connectivity index (χ3n) is 5.05. The van der Waals surface area contributed by atoms with Crippen LogP contribution in [0.25, 0.3) is 43.1 Å². The van der Waals surface area contributed by atoms with Crippen molar-refractivity contribution >= 4 is 47.4 Å². The summed E-state index contributed by atoms with van der Waals surface area (Å²) in [6.07, 6.45) is 0. The van der Waals surface area contributed by atoms with Gasteiger partial charge in [0, 0.05) is 14.2 Å². The van der Waals surface area contributed by atoms with Gasteiger partial charge in [-0.15, -0.1) is 79.5 Å². The smallest absolute Gasteiger partial charge is 0.0771 e. The second-order valence-corrected chi connectivity index (χ2v) is 7.83. The molecule has 0 amide bonds. The van der Waals surface area contributed by atoms with Gasteiger partial charge in [-0.1, -0.05) is 72.8 Å². The Balaban J connectivity index is 0.000000185. The number of fused-ring (bicyclic) bond motifs is 6. The van der Waals surface area contributed by atoms with Gasteiger partial charge in [0.1, 0.15) is 0 Å². The number of hydrogen-bond acceptors (Lipinski definition) is 2. The van der Waals surface area contributed by atoms with Crippen molar-refractivity contribution < 1.29 is 30.2 Å². The Kier molecular flexibility index (Phi) is 11.4. The summed E-state index contributed by atoms with van der Waals surface area (Å²) in [6.45, 7) is 2.00. The molecule has 0 bridgehead atoms. The van der Waals surface area contributed by atoms with Gasteiger partial charge in [0.25, 0.3) is 0 Å². The minimum Gasteiger partial charge on any atom is -0.126 e. The number of hydrogen-bond donors (Lipinski definition) is 2. The molecule has 6 rings (SSSR count). The third-order valence-corrected chi connectivity index (χ3v) is 5.05. The average Bonchev–Trinajstić information content (AvgIpc) is 3.46. The van der Waals surface area contributed by atoms with Crippen molar-refractivity contribution in [2.75, 3.05) is 14.2 Å². The van der Waals surface area contributed by atoms with Crippen LogP contribution in [-0.2, 0) is 20.0 Å². The van der Waals surface area contributed by atoms with E-state index in [1.807, 2.05) is 31.2 Å². The fourth-order valence-corrected chi connectivity index (χ4v) is 3.81. The zero-order valence-electron chi connectivity index (χ0n) is 19.4. The Morgan fingerprint density at radius 3 is 0.879 bits per heavy atom. The van der Waals surface area contributed by atoms with Gasteiger partial charge in [-0.2, -0.15) is 0 Å². The molecular weight excluding hydrogens is 440 g/mol. The van der Waals surface area contributed by atoms with Crippen LogP contribution in [0.5, 0.6) is 0 Å². The number of benzene rings is 4. The Hall–Kier alpha value is -2.88. The van der Waals surface area contributed by atoms with E-state index in [9.17, 15) is 0 Å². The first-order chi connectivity index (χ1) is 16.3. The van der Waals surface area contributed by atoms with Crippen molar-refractivity contribution in [2.24, 2.45) is 0 Å². The minimum atomic E-state index is 1.00. The molecule has 2 N–H and O–H groups in total. The topological polar surface area (TPSA) is 40.5 Å². The molecule has 6 aromatic carbocycles. The van der Waals surface area contributed by atoms with Gasteiger partial charge in [0.15, 0.2) is 0 Å². The molecule has 0 heterocycles. The minimum absolute atomic E-state index is 1.00. The molecule has 0 aliphatic heterocycles. The molecule has 2 nitrogen and oxygen atoms in total. The second-order valence-electron chi connectivity index (χ2n) is 6.93. The van der Waals surface area contributed by atoms with E-state index in [-0.39, 0.29) is 0 Å². The second kappa shape index (κ2) is 14.3. The standard InChI is InChI=1S/2C13H9.C2H4.2CH4O.Ti/c2*1-3-7-12-10(5-1)9-11-6-2-4-8-13(11)12;3*1-2;/h2*1-9H;1H,2H3;2*2H,1H3;/q2*-1;;;;+2. The summed E-state index contributed by atoms with van der Waals surface area (Å²) >= 11 is 2.00. The first-order valence-corrected chi connectivity index (χ1v) is 11.6. The van der Waals surface area contributed by atoms with E-state index in [0.717, 1.165) is 14.2 Å². The largest absolute Gasteiger partial charge is 0.126 e. The third kappa shape index (κ3) is 6.57. The molecule has 0 radical (unpaired) electrons. The summed E-state index contributed by atoms with van der Waals surface area (Å²) in [6, 6.07) is 38.5. The molecule has 3 heteroatoms. The van der Waals surface area contributed by atoms with Gasteiger partial charge >= 0.3 is 31.2 Å². The van der Waals surface area contributed by atoms with Crippen molar-refractivity contribution in [3.8, 4) is 0 Å². The van der Waals surface area contributed by atoms with Gasteiger partial charge in [-0.3, -0.25) is 0 Å². The van der Waals surface area contributed by atoms with Crippen molar-refractivity contribution in [3.63, 3.8) is 0 Å². The van der Waals surface area contributed by atoms with Gasteiger partial charge in [-0.05, 0) is 0 Å². The van der Waals surface area contributed by atoms with E-state index < -0.39 is 0 Å². The summed E-state index contributed by atoms with van der Waals surface area (Å²) in [7, 11) is 2.00. The van der Waals surface area contributed by atoms with Crippen LogP contribution in [-0.4, -0.2) is 28.7 Å². The summed E-state index contributed by atoms with van der Waals surface area (Å²) in [4.78, 5) is 0. The SMILES string of the molecule is CO.CO.C[CH]=[Ti+2].c1ccc2c(c1)[cH-]c1ccccc12.c1ccc2c(c1)[cH-]c1ccccc12. The molecule has 0 saturated carbocycles. The van der Waals surface area contributed by atoms with E-state index in [1.165, 1.54) is 43.1 Å². The molecule has 0 saturated heterocycles. The van der Waals surface area contributed by atoms with Crippen LogP contribution in [0.4, 0.5) is 0 Å². The van der Waals surface area contributed by atoms with E-state index in [4.69, 9.17) is 10.2 Å². The van der Waals surface area contributed by atoms with E-state index >= 15 is 0 Å². The summed E-state index contributed by atoms with van der Waals surface area (Å²) in [5.74, 6) is 0. The molecule has 0 spiro atoms. The molecule has 166 valence electrons. The molecule has 0 unspecified atom stereocenters. The normalized spacial score (nSPS) is 9.55. The van der Waals surface area contributed by atoms with Gasteiger partial charge in [-0.25, -0.2) is 0 Å². The van der Waals surface area contributed by atoms with Crippen molar-refractivity contribution in [1.29, 1.82) is 0 Å². The van der Waals surface area contributed by atoms with Crippen LogP contribution < -0.4 is 0 Å². The zero-order chi connectivity index (χ0) is 24.1. The quantitative estimate of drug-likeness (QED) is 0.185. The van der Waals surface area contributed by atoms with Gasteiger partial charge in [0.2, 0.25) is 0 Å². The summed E-state index contributed by atoms with van der Waals surface area (Å²) in [5, 5.41) is 24.8. The fourth-order valence-electron chi connectivity index (χ4n) is 3.81. The van der Waals surface area contributed by atoms with E-state index in [2.05, 4.69) is 109 Å². The summed E-state index contributed by atoms with van der Waals surface area (Å²) in [5.41, 5.74) is 0. The first kappa shape index (κ1) is 26.4. The monoisotopic (exact) mass is 470 g/mol. The maximum Gasteiger partial charge on any atom is -0.0771 e. The Bertz CT molecular complexity index is 1190. The average molecular weight is 470 g/mol. The molecule has 0 aromatic heterocycles. The zero-order valence-corrected chi connectivity index (χ0v) is 20.9. The number of aliphatic hydroxyl groups is 2. The van der Waals surface area contributed by atoms with Crippen LogP contribution in [0.3, 0.4) is 0 Å². The van der Waals surface area contributed by atoms with Gasteiger partial charge < -0.3 is 10.2 Å². The van der Waals surface area contributed by atoms with Crippen LogP contribution in [0.15, 0.2) is 109 Å². The van der Waals surface area contributed by atoms with Crippen LogP contribution in [0.1, 0.15) is 6.92 Å². The molecule has 0 fully saturated rings. The maximum absolute atomic E-state index is 7.00. The predicted molar refractivity (Wildman–Crippen MR) is 142 cm³/mol. The molecule has 0 aliphatic rings. The first-order valence-electron chi connectivity index (χ1n) is 10.7. The van der Waals surface area contributed by atoms with Crippen molar-refractivity contribution in [1.82, 2.24) is 0 Å². The number of aliphatic hydroxyl groups excluding tert-OH is 2. The fraction of sp³-hybridized carbons (Fsp3) is 0.100. The van der Waals surface area contributed by atoms with E-state index in [0.29, 0.717) is 0 Å². The van der Waals surface area contributed by atoms with Crippen molar-refractivity contribution in [3.05, 3.63) is 109 Å². The van der Waals surface area contributed by atoms with E-state index in [1.54, 1.807) is 0 Å². The predicted octanol–water partition coefficient (Wildman–Crippen LogP) is 7.00. The Morgan fingerprint density at radius 2 is 0.667 bits per heavy atom. The molecule has 33 heavy (non-hydrogen) atoms. The van der Waals surface area contributed by atoms with Crippen molar-refractivity contribution in [2.45, 2.75) is 6.92 Å². The molecule has 6 aromatic rings. The van der Waals surface area contributed by atoms with Crippen LogP contribution >= 0.6 is 0 Å². The van der Waals surface area contributed by atoms with Gasteiger partial charge in [0.05, 0.1) is 0 Å². The number of rotatable bonds is 0.